The fourth-order valence-electron chi connectivity index (χ4n) is 13.9. The first-order chi connectivity index (χ1) is 37.7. The molecule has 2 nitrogen and oxygen atoms in total. The molecule has 3 aliphatic rings. The quantitative estimate of drug-likeness (QED) is 0.158. The lowest BCUT2D eigenvalue weighted by atomic mass is 9.67. The van der Waals surface area contributed by atoms with Crippen molar-refractivity contribution >= 4 is 39.0 Å². The third-order valence-corrected chi connectivity index (χ3v) is 17.0. The molecule has 0 saturated carbocycles. The van der Waals surface area contributed by atoms with E-state index in [2.05, 4.69) is 290 Å². The van der Waals surface area contributed by atoms with E-state index in [1.807, 2.05) is 0 Å². The summed E-state index contributed by atoms with van der Waals surface area (Å²) in [6, 6.07) is 106. The van der Waals surface area contributed by atoms with Gasteiger partial charge in [-0.2, -0.15) is 0 Å². The molecule has 3 aliphatic carbocycles. The molecule has 354 valence electrons. The van der Waals surface area contributed by atoms with Gasteiger partial charge < -0.3 is 9.32 Å². The summed E-state index contributed by atoms with van der Waals surface area (Å²) >= 11 is 0. The van der Waals surface area contributed by atoms with Gasteiger partial charge in [-0.15, -0.1) is 0 Å². The number of benzene rings is 12. The zero-order valence-electron chi connectivity index (χ0n) is 41.5. The number of hydrogen-bond acceptors (Lipinski definition) is 2. The van der Waals surface area contributed by atoms with E-state index < -0.39 is 10.8 Å². The lowest BCUT2D eigenvalue weighted by molar-refractivity contribution is 0.669. The molecular formula is C74H47NO. The van der Waals surface area contributed by atoms with E-state index in [-0.39, 0.29) is 0 Å². The van der Waals surface area contributed by atoms with Crippen molar-refractivity contribution in [1.29, 1.82) is 0 Å². The molecule has 0 unspecified atom stereocenters. The summed E-state index contributed by atoms with van der Waals surface area (Å²) in [7, 11) is 0. The second-order valence-electron chi connectivity index (χ2n) is 20.6. The van der Waals surface area contributed by atoms with E-state index >= 15 is 0 Å². The Kier molecular flexibility index (Phi) is 9.20. The minimum Gasteiger partial charge on any atom is -0.456 e. The van der Waals surface area contributed by atoms with Crippen LogP contribution in [0.5, 0.6) is 0 Å². The lowest BCUT2D eigenvalue weighted by Crippen LogP contribution is -2.28. The molecule has 16 rings (SSSR count). The predicted molar refractivity (Wildman–Crippen MR) is 313 cm³/mol. The summed E-state index contributed by atoms with van der Waals surface area (Å²) in [6.07, 6.45) is 0. The van der Waals surface area contributed by atoms with Gasteiger partial charge in [-0.1, -0.05) is 249 Å². The van der Waals surface area contributed by atoms with Gasteiger partial charge in [0, 0.05) is 27.6 Å². The highest BCUT2D eigenvalue weighted by atomic mass is 16.3. The number of fused-ring (bicyclic) bond motifs is 16. The smallest absolute Gasteiger partial charge is 0.135 e. The first kappa shape index (κ1) is 42.7. The van der Waals surface area contributed by atoms with Gasteiger partial charge in [-0.25, -0.2) is 0 Å². The van der Waals surface area contributed by atoms with Gasteiger partial charge in [0.2, 0.25) is 0 Å². The number of para-hydroxylation sites is 1. The van der Waals surface area contributed by atoms with Crippen LogP contribution in [-0.4, -0.2) is 0 Å². The summed E-state index contributed by atoms with van der Waals surface area (Å²) in [5, 5.41) is 2.18. The van der Waals surface area contributed by atoms with E-state index in [4.69, 9.17) is 4.42 Å². The molecule has 13 aromatic rings. The van der Waals surface area contributed by atoms with Gasteiger partial charge in [0.1, 0.15) is 11.2 Å². The Morgan fingerprint density at radius 2 is 0.658 bits per heavy atom. The van der Waals surface area contributed by atoms with Crippen LogP contribution in [0.15, 0.2) is 290 Å². The normalized spacial score (nSPS) is 13.7. The second-order valence-corrected chi connectivity index (χ2v) is 20.6. The van der Waals surface area contributed by atoms with E-state index in [1.54, 1.807) is 0 Å². The Labute approximate surface area is 442 Å². The minimum atomic E-state index is -0.671. The summed E-state index contributed by atoms with van der Waals surface area (Å²) in [5.74, 6) is 0. The van der Waals surface area contributed by atoms with Gasteiger partial charge in [-0.3, -0.25) is 0 Å². The summed E-state index contributed by atoms with van der Waals surface area (Å²) < 4.78 is 6.55. The maximum absolute atomic E-state index is 6.55. The second kappa shape index (κ2) is 16.4. The fourth-order valence-corrected chi connectivity index (χ4v) is 13.9. The van der Waals surface area contributed by atoms with Gasteiger partial charge >= 0.3 is 0 Å². The van der Waals surface area contributed by atoms with Crippen molar-refractivity contribution < 1.29 is 4.42 Å². The zero-order chi connectivity index (χ0) is 50.0. The van der Waals surface area contributed by atoms with Crippen LogP contribution in [0.1, 0.15) is 44.5 Å². The van der Waals surface area contributed by atoms with Crippen LogP contribution in [-0.2, 0) is 10.8 Å². The Morgan fingerprint density at radius 3 is 1.20 bits per heavy atom. The highest BCUT2D eigenvalue weighted by Crippen LogP contribution is 2.66. The summed E-state index contributed by atoms with van der Waals surface area (Å²) in [4.78, 5) is 2.57. The molecular weight excluding hydrogens is 919 g/mol. The van der Waals surface area contributed by atoms with Crippen LogP contribution in [0.4, 0.5) is 17.1 Å². The van der Waals surface area contributed by atoms with E-state index in [0.717, 1.165) is 39.0 Å². The van der Waals surface area contributed by atoms with Crippen molar-refractivity contribution in [1.82, 2.24) is 0 Å². The van der Waals surface area contributed by atoms with Crippen LogP contribution in [0.2, 0.25) is 0 Å². The minimum absolute atomic E-state index is 0.510. The molecule has 1 heterocycles. The van der Waals surface area contributed by atoms with E-state index in [9.17, 15) is 0 Å². The molecule has 0 aliphatic heterocycles. The first-order valence-electron chi connectivity index (χ1n) is 26.4. The Hall–Kier alpha value is -9.76. The molecule has 1 aromatic heterocycles. The van der Waals surface area contributed by atoms with E-state index in [1.165, 1.54) is 100 Å². The van der Waals surface area contributed by atoms with Gasteiger partial charge in [0.05, 0.1) is 22.2 Å². The number of rotatable bonds is 7. The molecule has 0 saturated heterocycles. The standard InChI is InChI=1S/C74H47NO/c1-3-19-48(20-4-1)50-37-41-52(42-38-50)73(53-43-39-51(40-44-53)49-21-5-2-6-22-49)63-30-14-9-26-58(63)71-65(73)32-17-34-67(71)75(54-45-46-70-60(47-54)57-25-11-16-36-69(57)76-70)68-35-18-33-66-72(68)59-27-10-15-31-64(59)74(66)61-28-12-7-23-55(61)56-24-8-13-29-62(56)74/h1-47H. The average molecular weight is 966 g/mol. The SMILES string of the molecule is c1ccc(-c2ccc(C3(c4ccc(-c5ccccc5)cc4)c4ccccc4-c4c(N(c5ccc6oc7ccccc7c6c5)c5cccc6c5-c5ccccc5C65c6ccccc6-c6ccccc65)cccc43)cc2)cc1. The van der Waals surface area contributed by atoms with Crippen LogP contribution in [0.25, 0.3) is 77.6 Å². The largest absolute Gasteiger partial charge is 0.456 e. The van der Waals surface area contributed by atoms with Crippen molar-refractivity contribution in [3.63, 3.8) is 0 Å². The van der Waals surface area contributed by atoms with Crippen LogP contribution >= 0.6 is 0 Å². The Bertz CT molecular complexity index is 4320. The monoisotopic (exact) mass is 965 g/mol. The summed E-state index contributed by atoms with van der Waals surface area (Å²) in [5.41, 5.74) is 26.4. The molecule has 0 amide bonds. The van der Waals surface area contributed by atoms with Crippen molar-refractivity contribution in [2.75, 3.05) is 4.90 Å². The van der Waals surface area contributed by atoms with Crippen LogP contribution in [0, 0.1) is 0 Å². The maximum Gasteiger partial charge on any atom is 0.135 e. The molecule has 12 aromatic carbocycles. The fraction of sp³-hybridized carbons (Fsp3) is 0.0270. The molecule has 0 atom stereocenters. The van der Waals surface area contributed by atoms with Crippen molar-refractivity contribution in [3.8, 4) is 55.6 Å². The molecule has 0 radical (unpaired) electrons. The molecule has 0 bridgehead atoms. The van der Waals surface area contributed by atoms with Crippen molar-refractivity contribution in [2.24, 2.45) is 0 Å². The molecule has 1 spiro atoms. The maximum atomic E-state index is 6.55. The number of hydrogen-bond donors (Lipinski definition) is 0. The summed E-state index contributed by atoms with van der Waals surface area (Å²) in [6.45, 7) is 0. The van der Waals surface area contributed by atoms with Crippen molar-refractivity contribution in [2.45, 2.75) is 10.8 Å². The highest BCUT2D eigenvalue weighted by Gasteiger charge is 2.53. The zero-order valence-corrected chi connectivity index (χ0v) is 41.5. The highest BCUT2D eigenvalue weighted by molar-refractivity contribution is 6.09. The van der Waals surface area contributed by atoms with Crippen LogP contribution < -0.4 is 4.90 Å². The van der Waals surface area contributed by atoms with Crippen molar-refractivity contribution in [3.05, 3.63) is 330 Å². The number of nitrogens with zero attached hydrogens (tertiary/aromatic N) is 1. The Balaban J connectivity index is 0.997. The third kappa shape index (κ3) is 5.81. The van der Waals surface area contributed by atoms with Gasteiger partial charge in [-0.05, 0) is 125 Å². The molecule has 76 heavy (non-hydrogen) atoms. The van der Waals surface area contributed by atoms with E-state index in [0.29, 0.717) is 0 Å². The van der Waals surface area contributed by atoms with Gasteiger partial charge in [0.15, 0.2) is 0 Å². The molecule has 0 N–H and O–H groups in total. The average Bonchev–Trinajstić information content (AvgIpc) is 4.31. The Morgan fingerprint density at radius 1 is 0.263 bits per heavy atom. The lowest BCUT2D eigenvalue weighted by Gasteiger charge is -2.35. The predicted octanol–water partition coefficient (Wildman–Crippen LogP) is 19.1. The first-order valence-corrected chi connectivity index (χ1v) is 26.4. The molecule has 2 heteroatoms. The number of furan rings is 1. The number of anilines is 3. The topological polar surface area (TPSA) is 16.4 Å². The van der Waals surface area contributed by atoms with Crippen LogP contribution in [0.3, 0.4) is 0 Å². The molecule has 0 fully saturated rings. The van der Waals surface area contributed by atoms with Gasteiger partial charge in [0.25, 0.3) is 0 Å². The third-order valence-electron chi connectivity index (χ3n) is 17.0.